The predicted octanol–water partition coefficient (Wildman–Crippen LogP) is 3.59. The van der Waals surface area contributed by atoms with Gasteiger partial charge in [0.1, 0.15) is 11.5 Å². The Labute approximate surface area is 123 Å². The van der Waals surface area contributed by atoms with E-state index >= 15 is 0 Å². The number of nitrogens with one attached hydrogen (secondary N) is 1. The van der Waals surface area contributed by atoms with Gasteiger partial charge in [-0.15, -0.1) is 11.3 Å². The van der Waals surface area contributed by atoms with Crippen LogP contribution in [0.3, 0.4) is 0 Å². The largest absolute Gasteiger partial charge is 0.496 e. The highest BCUT2D eigenvalue weighted by Crippen LogP contribution is 2.40. The number of thiophene rings is 1. The van der Waals surface area contributed by atoms with E-state index in [0.29, 0.717) is 5.92 Å². The molecule has 1 unspecified atom stereocenters. The Balaban J connectivity index is 1.85. The number of hydrogen-bond acceptors (Lipinski definition) is 4. The minimum Gasteiger partial charge on any atom is -0.496 e. The van der Waals surface area contributed by atoms with Crippen molar-refractivity contribution >= 4 is 17.0 Å². The molecule has 0 spiro atoms. The van der Waals surface area contributed by atoms with E-state index in [1.807, 2.05) is 23.5 Å². The molecule has 1 atom stereocenters. The van der Waals surface area contributed by atoms with Crippen LogP contribution in [0, 0.1) is 5.92 Å². The highest BCUT2D eigenvalue weighted by Gasteiger charge is 2.24. The fourth-order valence-electron chi connectivity index (χ4n) is 2.83. The summed E-state index contributed by atoms with van der Waals surface area (Å²) in [4.78, 5) is 1.45. The third kappa shape index (κ3) is 2.48. The molecule has 1 aliphatic rings. The molecular weight excluding hydrogens is 270 g/mol. The minimum atomic E-state index is 0.599. The van der Waals surface area contributed by atoms with Gasteiger partial charge in [-0.05, 0) is 42.3 Å². The van der Waals surface area contributed by atoms with Crippen LogP contribution in [0.1, 0.15) is 10.4 Å². The highest BCUT2D eigenvalue weighted by molar-refractivity contribution is 7.09. The van der Waals surface area contributed by atoms with E-state index in [9.17, 15) is 0 Å². The molecular formula is C16H19NO2S. The van der Waals surface area contributed by atoms with Crippen LogP contribution >= 0.6 is 11.3 Å². The number of methoxy groups -OCH3 is 2. The van der Waals surface area contributed by atoms with E-state index in [1.165, 1.54) is 10.4 Å². The predicted molar refractivity (Wildman–Crippen MR) is 83.3 cm³/mol. The summed E-state index contributed by atoms with van der Waals surface area (Å²) in [7, 11) is 3.44. The van der Waals surface area contributed by atoms with Crippen LogP contribution in [0.5, 0.6) is 11.5 Å². The fraction of sp³-hybridized carbons (Fsp3) is 0.375. The lowest BCUT2D eigenvalue weighted by Gasteiger charge is -2.28. The molecule has 0 saturated heterocycles. The van der Waals surface area contributed by atoms with Crippen molar-refractivity contribution in [3.63, 3.8) is 0 Å². The minimum absolute atomic E-state index is 0.599. The summed E-state index contributed by atoms with van der Waals surface area (Å²) in [5.74, 6) is 2.45. The lowest BCUT2D eigenvalue weighted by atomic mass is 9.90. The van der Waals surface area contributed by atoms with Crippen LogP contribution in [0.15, 0.2) is 29.6 Å². The maximum absolute atomic E-state index is 5.50. The average molecular weight is 289 g/mol. The van der Waals surface area contributed by atoms with Gasteiger partial charge in [-0.25, -0.2) is 0 Å². The van der Waals surface area contributed by atoms with Gasteiger partial charge in [-0.1, -0.05) is 6.07 Å². The van der Waals surface area contributed by atoms with Gasteiger partial charge >= 0.3 is 0 Å². The Kier molecular flexibility index (Phi) is 3.83. The molecule has 0 bridgehead atoms. The first kappa shape index (κ1) is 13.3. The molecule has 1 aromatic carbocycles. The van der Waals surface area contributed by atoms with E-state index in [1.54, 1.807) is 14.2 Å². The Morgan fingerprint density at radius 3 is 2.70 bits per heavy atom. The quantitative estimate of drug-likeness (QED) is 0.933. The molecule has 3 rings (SSSR count). The van der Waals surface area contributed by atoms with Gasteiger partial charge in [0.2, 0.25) is 0 Å². The lowest BCUT2D eigenvalue weighted by molar-refractivity contribution is 0.392. The van der Waals surface area contributed by atoms with Crippen LogP contribution in [0.25, 0.3) is 0 Å². The van der Waals surface area contributed by atoms with Crippen molar-refractivity contribution in [1.82, 2.24) is 0 Å². The normalized spacial score (nSPS) is 17.2. The van der Waals surface area contributed by atoms with Crippen molar-refractivity contribution < 1.29 is 9.47 Å². The second-order valence-corrected chi connectivity index (χ2v) is 6.09. The summed E-state index contributed by atoms with van der Waals surface area (Å²) in [6.07, 6.45) is 2.14. The monoisotopic (exact) mass is 289 g/mol. The number of ether oxygens (including phenoxy) is 2. The summed E-state index contributed by atoms with van der Waals surface area (Å²) in [5.41, 5.74) is 2.33. The molecule has 2 aromatic rings. The Bertz CT molecular complexity index is 580. The van der Waals surface area contributed by atoms with Gasteiger partial charge in [0.15, 0.2) is 0 Å². The van der Waals surface area contributed by atoms with E-state index in [2.05, 4.69) is 22.8 Å². The zero-order valence-corrected chi connectivity index (χ0v) is 12.6. The van der Waals surface area contributed by atoms with Crippen LogP contribution in [0.2, 0.25) is 0 Å². The summed E-state index contributed by atoms with van der Waals surface area (Å²) in [6, 6.07) is 8.29. The molecule has 2 heterocycles. The van der Waals surface area contributed by atoms with E-state index in [-0.39, 0.29) is 0 Å². The third-order valence-electron chi connectivity index (χ3n) is 3.80. The molecule has 4 heteroatoms. The van der Waals surface area contributed by atoms with Crippen molar-refractivity contribution in [2.75, 3.05) is 26.1 Å². The second kappa shape index (κ2) is 5.75. The average Bonchev–Trinajstić information content (AvgIpc) is 2.99. The Hall–Kier alpha value is -1.68. The number of rotatable bonds is 4. The molecule has 1 aromatic heterocycles. The second-order valence-electron chi connectivity index (χ2n) is 5.06. The van der Waals surface area contributed by atoms with Crippen LogP contribution < -0.4 is 14.8 Å². The molecule has 106 valence electrons. The summed E-state index contributed by atoms with van der Waals surface area (Å²) in [5, 5.41) is 5.66. The van der Waals surface area contributed by atoms with Crippen LogP contribution in [0.4, 0.5) is 5.69 Å². The molecule has 1 aliphatic heterocycles. The summed E-state index contributed by atoms with van der Waals surface area (Å²) >= 11 is 1.83. The van der Waals surface area contributed by atoms with Gasteiger partial charge in [0, 0.05) is 17.0 Å². The molecule has 0 saturated carbocycles. The molecule has 20 heavy (non-hydrogen) atoms. The van der Waals surface area contributed by atoms with E-state index < -0.39 is 0 Å². The molecule has 0 fully saturated rings. The first-order chi connectivity index (χ1) is 9.81. The van der Waals surface area contributed by atoms with Crippen molar-refractivity contribution in [3.05, 3.63) is 40.1 Å². The SMILES string of the molecule is COc1ccc(OC)c2c1CC(Cc1cccs1)CN2. The maximum atomic E-state index is 5.50. The van der Waals surface area contributed by atoms with Crippen molar-refractivity contribution in [2.45, 2.75) is 12.8 Å². The molecule has 1 N–H and O–H groups in total. The van der Waals surface area contributed by atoms with Crippen LogP contribution in [-0.4, -0.2) is 20.8 Å². The zero-order chi connectivity index (χ0) is 13.9. The fourth-order valence-corrected chi connectivity index (χ4v) is 3.65. The highest BCUT2D eigenvalue weighted by atomic mass is 32.1. The molecule has 0 radical (unpaired) electrons. The first-order valence-electron chi connectivity index (χ1n) is 6.82. The number of anilines is 1. The van der Waals surface area contributed by atoms with Crippen LogP contribution in [-0.2, 0) is 12.8 Å². The van der Waals surface area contributed by atoms with Gasteiger partial charge in [-0.2, -0.15) is 0 Å². The van der Waals surface area contributed by atoms with Crippen molar-refractivity contribution in [3.8, 4) is 11.5 Å². The number of benzene rings is 1. The lowest BCUT2D eigenvalue weighted by Crippen LogP contribution is -2.25. The maximum Gasteiger partial charge on any atom is 0.142 e. The van der Waals surface area contributed by atoms with E-state index in [4.69, 9.17) is 9.47 Å². The van der Waals surface area contributed by atoms with E-state index in [0.717, 1.165) is 36.6 Å². The van der Waals surface area contributed by atoms with Gasteiger partial charge in [0.05, 0.1) is 19.9 Å². The molecule has 0 amide bonds. The summed E-state index contributed by atoms with van der Waals surface area (Å²) in [6.45, 7) is 0.981. The molecule has 3 nitrogen and oxygen atoms in total. The first-order valence-corrected chi connectivity index (χ1v) is 7.70. The van der Waals surface area contributed by atoms with Gasteiger partial charge in [-0.3, -0.25) is 0 Å². The third-order valence-corrected chi connectivity index (χ3v) is 4.70. The topological polar surface area (TPSA) is 30.5 Å². The van der Waals surface area contributed by atoms with Gasteiger partial charge in [0.25, 0.3) is 0 Å². The molecule has 0 aliphatic carbocycles. The van der Waals surface area contributed by atoms with Gasteiger partial charge < -0.3 is 14.8 Å². The Morgan fingerprint density at radius 1 is 1.20 bits per heavy atom. The smallest absolute Gasteiger partial charge is 0.142 e. The zero-order valence-electron chi connectivity index (χ0n) is 11.8. The number of hydrogen-bond donors (Lipinski definition) is 1. The Morgan fingerprint density at radius 2 is 2.00 bits per heavy atom. The summed E-state index contributed by atoms with van der Waals surface area (Å²) < 4.78 is 10.9. The van der Waals surface area contributed by atoms with Crippen molar-refractivity contribution in [1.29, 1.82) is 0 Å². The standard InChI is InChI=1S/C16H19NO2S/c1-18-14-5-6-15(19-2)16-13(14)9-11(10-17-16)8-12-4-3-7-20-12/h3-7,11,17H,8-10H2,1-2H3. The number of fused-ring (bicyclic) bond motifs is 1. The van der Waals surface area contributed by atoms with Crippen molar-refractivity contribution in [2.24, 2.45) is 5.92 Å².